The largest absolute Gasteiger partial charge is 0.359 e. The van der Waals surface area contributed by atoms with E-state index in [1.165, 1.54) is 4.90 Å². The van der Waals surface area contributed by atoms with E-state index in [9.17, 15) is 9.59 Å². The summed E-state index contributed by atoms with van der Waals surface area (Å²) in [5.74, 6) is 0.220. The van der Waals surface area contributed by atoms with Gasteiger partial charge in [0, 0.05) is 43.3 Å². The average molecular weight is 480 g/mol. The van der Waals surface area contributed by atoms with Crippen LogP contribution >= 0.6 is 24.8 Å². The molecule has 172 valence electrons. The summed E-state index contributed by atoms with van der Waals surface area (Å²) in [7, 11) is 1.66. The van der Waals surface area contributed by atoms with Crippen molar-refractivity contribution in [3.63, 3.8) is 0 Å². The molecule has 1 aliphatic heterocycles. The maximum atomic E-state index is 13.1. The van der Waals surface area contributed by atoms with Crippen molar-refractivity contribution in [1.29, 1.82) is 0 Å². The summed E-state index contributed by atoms with van der Waals surface area (Å²) in [6, 6.07) is 7.46. The van der Waals surface area contributed by atoms with Crippen molar-refractivity contribution < 1.29 is 9.32 Å². The Kier molecular flexibility index (Phi) is 9.00. The summed E-state index contributed by atoms with van der Waals surface area (Å²) in [6.45, 7) is 3.76. The smallest absolute Gasteiger partial charge is 0.263 e. The number of carbonyl (C=O) groups excluding carboxylic acids is 1. The van der Waals surface area contributed by atoms with Crippen LogP contribution < -0.4 is 10.9 Å². The van der Waals surface area contributed by atoms with E-state index in [2.05, 4.69) is 15.5 Å². The Balaban J connectivity index is 0.00000181. The maximum Gasteiger partial charge on any atom is 0.263 e. The number of hydrogen-bond donors (Lipinski definition) is 1. The molecule has 1 fully saturated rings. The second-order valence-corrected chi connectivity index (χ2v) is 7.65. The van der Waals surface area contributed by atoms with Gasteiger partial charge in [-0.1, -0.05) is 5.16 Å². The van der Waals surface area contributed by atoms with Crippen molar-refractivity contribution in [3.8, 4) is 11.3 Å². The Morgan fingerprint density at radius 1 is 1.28 bits per heavy atom. The molecule has 1 saturated heterocycles. The Bertz CT molecular complexity index is 1090. The minimum Gasteiger partial charge on any atom is -0.359 e. The number of nitrogens with one attached hydrogen (secondary N) is 1. The minimum atomic E-state index is -0.319. The van der Waals surface area contributed by atoms with Gasteiger partial charge in [-0.25, -0.2) is 0 Å². The van der Waals surface area contributed by atoms with Crippen LogP contribution in [0, 0.1) is 6.92 Å². The number of rotatable bonds is 5. The van der Waals surface area contributed by atoms with Gasteiger partial charge in [-0.05, 0) is 56.6 Å². The van der Waals surface area contributed by atoms with Crippen LogP contribution in [-0.4, -0.2) is 45.7 Å². The molecule has 32 heavy (non-hydrogen) atoms. The van der Waals surface area contributed by atoms with Gasteiger partial charge in [0.2, 0.25) is 0 Å². The van der Waals surface area contributed by atoms with Crippen molar-refractivity contribution in [3.05, 3.63) is 70.1 Å². The number of halogens is 2. The molecule has 3 aromatic rings. The van der Waals surface area contributed by atoms with Gasteiger partial charge in [0.1, 0.15) is 11.3 Å². The lowest BCUT2D eigenvalue weighted by atomic mass is 10.0. The SMILES string of the molecule is Cc1ccn(C2CCNCC2)c(=O)c1C(=O)N(C)Cc1cc(-c2cccnc2)no1.Cl.Cl. The molecule has 4 heterocycles. The summed E-state index contributed by atoms with van der Waals surface area (Å²) in [5, 5.41) is 7.36. The molecule has 0 atom stereocenters. The van der Waals surface area contributed by atoms with Gasteiger partial charge < -0.3 is 19.3 Å². The van der Waals surface area contributed by atoms with Crippen molar-refractivity contribution in [2.24, 2.45) is 0 Å². The standard InChI is InChI=1S/C22H25N5O3.2ClH/c1-15-7-11-27(17-5-9-23-10-6-17)22(29)20(15)21(28)26(2)14-18-12-19(25-30-18)16-4-3-8-24-13-16;;/h3-4,7-8,11-13,17,23H,5-6,9-10,14H2,1-2H3;2*1H. The number of piperidine rings is 1. The van der Waals surface area contributed by atoms with Crippen LogP contribution in [0.4, 0.5) is 0 Å². The highest BCUT2D eigenvalue weighted by atomic mass is 35.5. The van der Waals surface area contributed by atoms with Crippen LogP contribution in [-0.2, 0) is 6.54 Å². The summed E-state index contributed by atoms with van der Waals surface area (Å²) in [6.07, 6.45) is 6.95. The third-order valence-electron chi connectivity index (χ3n) is 5.50. The van der Waals surface area contributed by atoms with E-state index >= 15 is 0 Å². The first-order valence-electron chi connectivity index (χ1n) is 10.1. The molecule has 1 N–H and O–H groups in total. The van der Waals surface area contributed by atoms with Gasteiger partial charge in [0.15, 0.2) is 5.76 Å². The zero-order valence-corrected chi connectivity index (χ0v) is 19.6. The molecule has 0 unspecified atom stereocenters. The van der Waals surface area contributed by atoms with Gasteiger partial charge in [0.25, 0.3) is 11.5 Å². The van der Waals surface area contributed by atoms with Gasteiger partial charge in [-0.2, -0.15) is 0 Å². The van der Waals surface area contributed by atoms with Crippen LogP contribution in [0.25, 0.3) is 11.3 Å². The van der Waals surface area contributed by atoms with Crippen LogP contribution in [0.1, 0.15) is 40.6 Å². The molecular weight excluding hydrogens is 453 g/mol. The number of aryl methyl sites for hydroxylation is 1. The normalized spacial score (nSPS) is 13.7. The predicted molar refractivity (Wildman–Crippen MR) is 127 cm³/mol. The highest BCUT2D eigenvalue weighted by molar-refractivity contribution is 5.95. The monoisotopic (exact) mass is 479 g/mol. The zero-order valence-electron chi connectivity index (χ0n) is 18.0. The van der Waals surface area contributed by atoms with Gasteiger partial charge >= 0.3 is 0 Å². The first-order chi connectivity index (χ1) is 14.5. The first kappa shape index (κ1) is 25.6. The van der Waals surface area contributed by atoms with E-state index in [1.807, 2.05) is 18.2 Å². The molecule has 0 radical (unpaired) electrons. The van der Waals surface area contributed by atoms with Crippen molar-refractivity contribution in [2.45, 2.75) is 32.4 Å². The Morgan fingerprint density at radius 2 is 2.03 bits per heavy atom. The minimum absolute atomic E-state index is 0. The molecule has 8 nitrogen and oxygen atoms in total. The lowest BCUT2D eigenvalue weighted by Gasteiger charge is -2.26. The van der Waals surface area contributed by atoms with Crippen LogP contribution in [0.15, 0.2) is 52.2 Å². The zero-order chi connectivity index (χ0) is 21.1. The molecule has 10 heteroatoms. The van der Waals surface area contributed by atoms with E-state index in [1.54, 1.807) is 43.2 Å². The molecule has 4 rings (SSSR count). The first-order valence-corrected chi connectivity index (χ1v) is 10.1. The van der Waals surface area contributed by atoms with Gasteiger partial charge in [0.05, 0.1) is 6.54 Å². The van der Waals surface area contributed by atoms with E-state index in [-0.39, 0.29) is 54.4 Å². The second-order valence-electron chi connectivity index (χ2n) is 7.65. The number of amides is 1. The average Bonchev–Trinajstić information content (AvgIpc) is 3.23. The maximum absolute atomic E-state index is 13.1. The molecule has 0 bridgehead atoms. The third-order valence-corrected chi connectivity index (χ3v) is 5.50. The fourth-order valence-electron chi connectivity index (χ4n) is 3.81. The quantitative estimate of drug-likeness (QED) is 0.603. The highest BCUT2D eigenvalue weighted by Crippen LogP contribution is 2.20. The van der Waals surface area contributed by atoms with Crippen molar-refractivity contribution in [1.82, 2.24) is 24.9 Å². The van der Waals surface area contributed by atoms with Crippen LogP contribution in [0.2, 0.25) is 0 Å². The Hall–Kier alpha value is -2.68. The van der Waals surface area contributed by atoms with Crippen molar-refractivity contribution >= 4 is 30.7 Å². The predicted octanol–water partition coefficient (Wildman–Crippen LogP) is 3.25. The molecule has 0 aromatic carbocycles. The van der Waals surface area contributed by atoms with E-state index in [0.29, 0.717) is 17.0 Å². The number of hydrogen-bond acceptors (Lipinski definition) is 6. The Labute approximate surface area is 198 Å². The van der Waals surface area contributed by atoms with Crippen molar-refractivity contribution in [2.75, 3.05) is 20.1 Å². The summed E-state index contributed by atoms with van der Waals surface area (Å²) in [4.78, 5) is 31.8. The molecular formula is C22H27Cl2N5O3. The van der Waals surface area contributed by atoms with Gasteiger partial charge in [-0.15, -0.1) is 24.8 Å². The topological polar surface area (TPSA) is 93.3 Å². The lowest BCUT2D eigenvalue weighted by Crippen LogP contribution is -2.38. The van der Waals surface area contributed by atoms with Crippen LogP contribution in [0.5, 0.6) is 0 Å². The Morgan fingerprint density at radius 3 is 2.72 bits per heavy atom. The lowest BCUT2D eigenvalue weighted by molar-refractivity contribution is 0.0768. The third kappa shape index (κ3) is 5.38. The fourth-order valence-corrected chi connectivity index (χ4v) is 3.81. The van der Waals surface area contributed by atoms with E-state index in [0.717, 1.165) is 31.5 Å². The number of aromatic nitrogens is 3. The second kappa shape index (κ2) is 11.3. The number of pyridine rings is 2. The molecule has 1 amide bonds. The van der Waals surface area contributed by atoms with Crippen LogP contribution in [0.3, 0.4) is 0 Å². The molecule has 0 saturated carbocycles. The molecule has 1 aliphatic rings. The number of carbonyl (C=O) groups is 1. The molecule has 3 aromatic heterocycles. The number of nitrogens with zero attached hydrogens (tertiary/aromatic N) is 4. The van der Waals surface area contributed by atoms with Gasteiger partial charge in [-0.3, -0.25) is 14.6 Å². The summed E-state index contributed by atoms with van der Waals surface area (Å²) >= 11 is 0. The molecule has 0 aliphatic carbocycles. The van der Waals surface area contributed by atoms with E-state index < -0.39 is 0 Å². The summed E-state index contributed by atoms with van der Waals surface area (Å²) < 4.78 is 7.11. The summed E-state index contributed by atoms with van der Waals surface area (Å²) in [5.41, 5.74) is 2.15. The fraction of sp³-hybridized carbons (Fsp3) is 0.364. The molecule has 0 spiro atoms. The van der Waals surface area contributed by atoms with E-state index in [4.69, 9.17) is 4.52 Å². The highest BCUT2D eigenvalue weighted by Gasteiger charge is 2.24.